The summed E-state index contributed by atoms with van der Waals surface area (Å²) in [5.74, 6) is 4.96. The lowest BCUT2D eigenvalue weighted by atomic mass is 10.1. The van der Waals surface area contributed by atoms with Gasteiger partial charge in [-0.25, -0.2) is 4.79 Å². The number of hydrogen-bond acceptors (Lipinski definition) is 4. The van der Waals surface area contributed by atoms with Crippen molar-refractivity contribution in [2.75, 3.05) is 7.11 Å². The minimum atomic E-state index is -0.329. The maximum absolute atomic E-state index is 11.1. The van der Waals surface area contributed by atoms with Crippen molar-refractivity contribution in [3.8, 4) is 0 Å². The highest BCUT2D eigenvalue weighted by molar-refractivity contribution is 5.89. The quantitative estimate of drug-likeness (QED) is 0.428. The molecule has 14 heavy (non-hydrogen) atoms. The lowest BCUT2D eigenvalue weighted by Crippen LogP contribution is -2.25. The standard InChI is InChI=1S/C10H14N2O2/c1-7(12-11)8-3-5-9(6-4-8)10(13)14-2/h3-7,12H,11H2,1-2H3/t7-/m0/s1. The van der Waals surface area contributed by atoms with Crippen LogP contribution in [0, 0.1) is 0 Å². The highest BCUT2D eigenvalue weighted by atomic mass is 16.5. The lowest BCUT2D eigenvalue weighted by Gasteiger charge is -2.10. The summed E-state index contributed by atoms with van der Waals surface area (Å²) in [5, 5.41) is 0. The van der Waals surface area contributed by atoms with Crippen molar-refractivity contribution in [1.29, 1.82) is 0 Å². The first-order valence-electron chi connectivity index (χ1n) is 4.33. The topological polar surface area (TPSA) is 64.3 Å². The predicted octanol–water partition coefficient (Wildman–Crippen LogP) is 0.998. The first-order chi connectivity index (χ1) is 6.69. The van der Waals surface area contributed by atoms with E-state index in [2.05, 4.69) is 10.2 Å². The molecule has 1 aromatic rings. The molecule has 0 amide bonds. The van der Waals surface area contributed by atoms with Gasteiger partial charge in [-0.05, 0) is 24.6 Å². The normalized spacial score (nSPS) is 12.2. The number of methoxy groups -OCH3 is 1. The molecule has 0 fully saturated rings. The Morgan fingerprint density at radius 1 is 1.43 bits per heavy atom. The number of rotatable bonds is 3. The Morgan fingerprint density at radius 2 is 2.00 bits per heavy atom. The third-order valence-electron chi connectivity index (χ3n) is 2.08. The van der Waals surface area contributed by atoms with Crippen molar-refractivity contribution in [2.45, 2.75) is 13.0 Å². The Bertz CT molecular complexity index is 308. The Hall–Kier alpha value is -1.39. The predicted molar refractivity (Wildman–Crippen MR) is 53.5 cm³/mol. The zero-order chi connectivity index (χ0) is 10.6. The summed E-state index contributed by atoms with van der Waals surface area (Å²) in [6.07, 6.45) is 0. The molecular formula is C10H14N2O2. The van der Waals surface area contributed by atoms with E-state index < -0.39 is 0 Å². The monoisotopic (exact) mass is 194 g/mol. The van der Waals surface area contributed by atoms with E-state index in [1.54, 1.807) is 12.1 Å². The van der Waals surface area contributed by atoms with Gasteiger partial charge in [0.1, 0.15) is 0 Å². The van der Waals surface area contributed by atoms with Crippen LogP contribution in [0.4, 0.5) is 0 Å². The molecule has 0 radical (unpaired) electrons. The zero-order valence-corrected chi connectivity index (χ0v) is 8.28. The first kappa shape index (κ1) is 10.7. The zero-order valence-electron chi connectivity index (χ0n) is 8.28. The van der Waals surface area contributed by atoms with Crippen molar-refractivity contribution in [3.05, 3.63) is 35.4 Å². The van der Waals surface area contributed by atoms with E-state index in [1.807, 2.05) is 19.1 Å². The van der Waals surface area contributed by atoms with Crippen molar-refractivity contribution in [3.63, 3.8) is 0 Å². The van der Waals surface area contributed by atoms with E-state index in [1.165, 1.54) is 7.11 Å². The van der Waals surface area contributed by atoms with Crippen LogP contribution in [-0.2, 0) is 4.74 Å². The van der Waals surface area contributed by atoms with E-state index in [4.69, 9.17) is 5.84 Å². The molecule has 4 heteroatoms. The van der Waals surface area contributed by atoms with Gasteiger partial charge in [-0.3, -0.25) is 11.3 Å². The second-order valence-corrected chi connectivity index (χ2v) is 3.00. The number of hydrazine groups is 1. The van der Waals surface area contributed by atoms with Crippen LogP contribution in [0.1, 0.15) is 28.9 Å². The van der Waals surface area contributed by atoms with Crippen LogP contribution >= 0.6 is 0 Å². The van der Waals surface area contributed by atoms with Gasteiger partial charge in [0.05, 0.1) is 12.7 Å². The number of nitrogens with two attached hydrogens (primary N) is 1. The second kappa shape index (κ2) is 4.74. The molecule has 0 unspecified atom stereocenters. The molecule has 3 N–H and O–H groups in total. The van der Waals surface area contributed by atoms with Crippen molar-refractivity contribution in [1.82, 2.24) is 5.43 Å². The van der Waals surface area contributed by atoms with Gasteiger partial charge in [-0.1, -0.05) is 12.1 Å². The number of nitrogens with one attached hydrogen (secondary N) is 1. The maximum atomic E-state index is 11.1. The third kappa shape index (κ3) is 2.31. The fourth-order valence-corrected chi connectivity index (χ4v) is 1.12. The van der Waals surface area contributed by atoms with Gasteiger partial charge >= 0.3 is 5.97 Å². The number of benzene rings is 1. The molecule has 0 aliphatic heterocycles. The molecule has 1 aromatic carbocycles. The van der Waals surface area contributed by atoms with Gasteiger partial charge in [0.25, 0.3) is 0 Å². The molecule has 0 saturated carbocycles. The van der Waals surface area contributed by atoms with Crippen LogP contribution in [0.2, 0.25) is 0 Å². The molecule has 1 rings (SSSR count). The van der Waals surface area contributed by atoms with E-state index in [0.717, 1.165) is 5.56 Å². The maximum Gasteiger partial charge on any atom is 0.337 e. The number of hydrogen-bond donors (Lipinski definition) is 2. The highest BCUT2D eigenvalue weighted by Crippen LogP contribution is 2.12. The summed E-state index contributed by atoms with van der Waals surface area (Å²) >= 11 is 0. The Kier molecular flexibility index (Phi) is 3.62. The van der Waals surface area contributed by atoms with E-state index in [0.29, 0.717) is 5.56 Å². The molecule has 0 aromatic heterocycles. The van der Waals surface area contributed by atoms with E-state index in [-0.39, 0.29) is 12.0 Å². The summed E-state index contributed by atoms with van der Waals surface area (Å²) in [5.41, 5.74) is 4.20. The largest absolute Gasteiger partial charge is 0.465 e. The Morgan fingerprint density at radius 3 is 2.43 bits per heavy atom. The lowest BCUT2D eigenvalue weighted by molar-refractivity contribution is 0.0600. The molecular weight excluding hydrogens is 180 g/mol. The van der Waals surface area contributed by atoms with Crippen molar-refractivity contribution >= 4 is 5.97 Å². The summed E-state index contributed by atoms with van der Waals surface area (Å²) < 4.78 is 4.58. The van der Waals surface area contributed by atoms with Gasteiger partial charge in [-0.15, -0.1) is 0 Å². The van der Waals surface area contributed by atoms with Crippen LogP contribution in [0.3, 0.4) is 0 Å². The number of esters is 1. The minimum Gasteiger partial charge on any atom is -0.465 e. The molecule has 4 nitrogen and oxygen atoms in total. The number of ether oxygens (including phenoxy) is 1. The van der Waals surface area contributed by atoms with Crippen LogP contribution < -0.4 is 11.3 Å². The summed E-state index contributed by atoms with van der Waals surface area (Å²) in [7, 11) is 1.36. The van der Waals surface area contributed by atoms with Crippen LogP contribution in [0.25, 0.3) is 0 Å². The molecule has 0 saturated heterocycles. The van der Waals surface area contributed by atoms with Crippen LogP contribution in [-0.4, -0.2) is 13.1 Å². The number of carbonyl (C=O) groups excluding carboxylic acids is 1. The SMILES string of the molecule is COC(=O)c1ccc([C@H](C)NN)cc1. The summed E-state index contributed by atoms with van der Waals surface area (Å²) in [6.45, 7) is 1.94. The average molecular weight is 194 g/mol. The molecule has 0 aliphatic rings. The summed E-state index contributed by atoms with van der Waals surface area (Å²) in [6, 6.07) is 7.19. The Balaban J connectivity index is 2.83. The van der Waals surface area contributed by atoms with E-state index >= 15 is 0 Å². The second-order valence-electron chi connectivity index (χ2n) is 3.00. The summed E-state index contributed by atoms with van der Waals surface area (Å²) in [4.78, 5) is 11.1. The van der Waals surface area contributed by atoms with Crippen molar-refractivity contribution in [2.24, 2.45) is 5.84 Å². The van der Waals surface area contributed by atoms with Gasteiger partial charge in [0.2, 0.25) is 0 Å². The van der Waals surface area contributed by atoms with Crippen LogP contribution in [0.15, 0.2) is 24.3 Å². The third-order valence-corrected chi connectivity index (χ3v) is 2.08. The minimum absolute atomic E-state index is 0.0710. The fraction of sp³-hybridized carbons (Fsp3) is 0.300. The first-order valence-corrected chi connectivity index (χ1v) is 4.33. The smallest absolute Gasteiger partial charge is 0.337 e. The molecule has 76 valence electrons. The van der Waals surface area contributed by atoms with Crippen LogP contribution in [0.5, 0.6) is 0 Å². The van der Waals surface area contributed by atoms with Gasteiger partial charge in [0.15, 0.2) is 0 Å². The van der Waals surface area contributed by atoms with Gasteiger partial charge in [-0.2, -0.15) is 0 Å². The molecule has 0 spiro atoms. The molecule has 0 bridgehead atoms. The molecule has 0 heterocycles. The Labute approximate surface area is 83.0 Å². The molecule has 1 atom stereocenters. The number of carbonyl (C=O) groups is 1. The fourth-order valence-electron chi connectivity index (χ4n) is 1.12. The van der Waals surface area contributed by atoms with E-state index in [9.17, 15) is 4.79 Å². The molecule has 0 aliphatic carbocycles. The van der Waals surface area contributed by atoms with Gasteiger partial charge < -0.3 is 4.74 Å². The van der Waals surface area contributed by atoms with Gasteiger partial charge in [0, 0.05) is 6.04 Å². The van der Waals surface area contributed by atoms with Crippen molar-refractivity contribution < 1.29 is 9.53 Å². The highest BCUT2D eigenvalue weighted by Gasteiger charge is 2.06. The average Bonchev–Trinajstić information content (AvgIpc) is 2.27.